The van der Waals surface area contributed by atoms with Gasteiger partial charge in [0.25, 0.3) is 0 Å². The highest BCUT2D eigenvalue weighted by Crippen LogP contribution is 1.98. The van der Waals surface area contributed by atoms with Gasteiger partial charge in [0.1, 0.15) is 0 Å². The minimum absolute atomic E-state index is 0.357. The van der Waals surface area contributed by atoms with Gasteiger partial charge in [-0.05, 0) is 12.1 Å². The fraction of sp³-hybridized carbons (Fsp3) is 0. The van der Waals surface area contributed by atoms with Crippen LogP contribution in [0.1, 0.15) is 10.6 Å². The highest BCUT2D eigenvalue weighted by atomic mass is 16.1. The van der Waals surface area contributed by atoms with Crippen LogP contribution < -0.4 is 0 Å². The molecule has 0 atom stereocenters. The molecule has 0 fully saturated rings. The van der Waals surface area contributed by atoms with Crippen molar-refractivity contribution in [2.24, 2.45) is 0 Å². The van der Waals surface area contributed by atoms with Crippen LogP contribution in [-0.4, -0.2) is 20.9 Å². The van der Waals surface area contributed by atoms with Gasteiger partial charge in [0, 0.05) is 6.20 Å². The van der Waals surface area contributed by atoms with Crippen LogP contribution in [0.3, 0.4) is 0 Å². The molecule has 2 rings (SSSR count). The molecular weight excluding hydrogens is 130 g/mol. The first-order chi connectivity index (χ1) is 4.90. The summed E-state index contributed by atoms with van der Waals surface area (Å²) in [6, 6.07) is 3.68. The van der Waals surface area contributed by atoms with E-state index in [1.165, 1.54) is 0 Å². The number of hydrogen-bond acceptors (Lipinski definition) is 2. The first-order valence-corrected chi connectivity index (χ1v) is 2.88. The van der Waals surface area contributed by atoms with E-state index in [2.05, 4.69) is 10.1 Å². The summed E-state index contributed by atoms with van der Waals surface area (Å²) in [7, 11) is 0. The molecule has 0 aromatic carbocycles. The second-order valence-electron chi connectivity index (χ2n) is 1.96. The summed E-state index contributed by atoms with van der Waals surface area (Å²) in [5.74, 6) is 0.357. The van der Waals surface area contributed by atoms with Gasteiger partial charge in [0.05, 0.1) is 0 Å². The summed E-state index contributed by atoms with van der Waals surface area (Å²) in [6.45, 7) is 0. The van der Waals surface area contributed by atoms with Gasteiger partial charge >= 0.3 is 0 Å². The van der Waals surface area contributed by atoms with Crippen LogP contribution in [0.2, 0.25) is 0 Å². The Balaban J connectivity index is 2.78. The summed E-state index contributed by atoms with van der Waals surface area (Å²) in [4.78, 5) is 14.1. The number of carbonyl (C=O) groups excluding carboxylic acids is 1. The standard InChI is InChI=1S/C6H5N3O/c10-4-5-7-6-2-1-3-9(6)8-5/h1-4H,(H,7,8). The van der Waals surface area contributed by atoms with Crippen LogP contribution in [-0.2, 0) is 0 Å². The summed E-state index contributed by atoms with van der Waals surface area (Å²) in [5, 5.41) is 2.76. The molecule has 2 aromatic rings. The Morgan fingerprint density at radius 3 is 3.30 bits per heavy atom. The third-order valence-electron chi connectivity index (χ3n) is 1.31. The maximum atomic E-state index is 10.2. The van der Waals surface area contributed by atoms with E-state index in [0.717, 1.165) is 5.65 Å². The number of nitrogens with one attached hydrogen (secondary N) is 1. The molecule has 2 aromatic heterocycles. The molecule has 0 saturated carbocycles. The number of carbonyl (C=O) groups is 1. The normalized spacial score (nSPS) is 10.4. The molecule has 50 valence electrons. The fourth-order valence-corrected chi connectivity index (χ4v) is 0.882. The lowest BCUT2D eigenvalue weighted by molar-refractivity contribution is 0.111. The predicted octanol–water partition coefficient (Wildman–Crippen LogP) is 0.475. The van der Waals surface area contributed by atoms with E-state index >= 15 is 0 Å². The number of rotatable bonds is 1. The van der Waals surface area contributed by atoms with Gasteiger partial charge in [-0.1, -0.05) is 0 Å². The Morgan fingerprint density at radius 2 is 2.60 bits per heavy atom. The van der Waals surface area contributed by atoms with Crippen molar-refractivity contribution in [2.75, 3.05) is 0 Å². The van der Waals surface area contributed by atoms with Crippen LogP contribution in [0.25, 0.3) is 5.65 Å². The average Bonchev–Trinajstić information content (AvgIpc) is 2.42. The number of fused-ring (bicyclic) bond motifs is 1. The maximum Gasteiger partial charge on any atom is 0.187 e. The fourth-order valence-electron chi connectivity index (χ4n) is 0.882. The molecule has 4 nitrogen and oxygen atoms in total. The number of aldehydes is 1. The summed E-state index contributed by atoms with van der Waals surface area (Å²) in [5.41, 5.74) is 0.766. The highest BCUT2D eigenvalue weighted by molar-refractivity contribution is 5.69. The second-order valence-corrected chi connectivity index (χ2v) is 1.96. The van der Waals surface area contributed by atoms with Gasteiger partial charge in [-0.2, -0.15) is 0 Å². The van der Waals surface area contributed by atoms with E-state index in [0.29, 0.717) is 12.1 Å². The number of hydrogen-bond donors (Lipinski definition) is 1. The molecule has 0 aliphatic carbocycles. The molecule has 4 heteroatoms. The number of aromatic amines is 1. The topological polar surface area (TPSA) is 50.2 Å². The Kier molecular flexibility index (Phi) is 0.887. The maximum absolute atomic E-state index is 10.2. The van der Waals surface area contributed by atoms with E-state index in [-0.39, 0.29) is 0 Å². The van der Waals surface area contributed by atoms with E-state index in [1.54, 1.807) is 10.7 Å². The average molecular weight is 135 g/mol. The summed E-state index contributed by atoms with van der Waals surface area (Å²) < 4.78 is 1.68. The van der Waals surface area contributed by atoms with Crippen molar-refractivity contribution in [3.63, 3.8) is 0 Å². The third kappa shape index (κ3) is 0.556. The van der Waals surface area contributed by atoms with Crippen LogP contribution in [0.4, 0.5) is 0 Å². The smallest absolute Gasteiger partial charge is 0.187 e. The molecule has 2 heterocycles. The van der Waals surface area contributed by atoms with Crippen molar-refractivity contribution in [3.8, 4) is 0 Å². The lowest BCUT2D eigenvalue weighted by Gasteiger charge is -1.76. The molecule has 0 aliphatic rings. The molecule has 0 unspecified atom stereocenters. The SMILES string of the molecule is O=Cc1nc2cccn2[nH]1. The zero-order chi connectivity index (χ0) is 6.97. The van der Waals surface area contributed by atoms with Crippen molar-refractivity contribution in [3.05, 3.63) is 24.2 Å². The number of nitrogens with zero attached hydrogens (tertiary/aromatic N) is 2. The van der Waals surface area contributed by atoms with E-state index in [4.69, 9.17) is 0 Å². The first-order valence-electron chi connectivity index (χ1n) is 2.88. The van der Waals surface area contributed by atoms with Gasteiger partial charge in [-0.15, -0.1) is 0 Å². The molecule has 0 bridgehead atoms. The van der Waals surface area contributed by atoms with Gasteiger partial charge < -0.3 is 0 Å². The van der Waals surface area contributed by atoms with Gasteiger partial charge in [-0.3, -0.25) is 9.89 Å². The van der Waals surface area contributed by atoms with Crippen LogP contribution in [0.5, 0.6) is 0 Å². The third-order valence-corrected chi connectivity index (χ3v) is 1.31. The molecule has 10 heavy (non-hydrogen) atoms. The summed E-state index contributed by atoms with van der Waals surface area (Å²) in [6.07, 6.45) is 2.49. The minimum Gasteiger partial charge on any atom is -0.294 e. The zero-order valence-corrected chi connectivity index (χ0v) is 5.11. The minimum atomic E-state index is 0.357. The quantitative estimate of drug-likeness (QED) is 0.578. The lowest BCUT2D eigenvalue weighted by atomic mass is 10.6. The van der Waals surface area contributed by atoms with Crippen LogP contribution in [0.15, 0.2) is 18.3 Å². The largest absolute Gasteiger partial charge is 0.294 e. The lowest BCUT2D eigenvalue weighted by Crippen LogP contribution is -1.83. The molecule has 0 saturated heterocycles. The Morgan fingerprint density at radius 1 is 1.70 bits per heavy atom. The van der Waals surface area contributed by atoms with Crippen molar-refractivity contribution in [1.29, 1.82) is 0 Å². The second kappa shape index (κ2) is 1.70. The van der Waals surface area contributed by atoms with E-state index < -0.39 is 0 Å². The van der Waals surface area contributed by atoms with Crippen molar-refractivity contribution in [2.45, 2.75) is 0 Å². The van der Waals surface area contributed by atoms with Gasteiger partial charge in [0.15, 0.2) is 17.8 Å². The zero-order valence-electron chi connectivity index (χ0n) is 5.11. The van der Waals surface area contributed by atoms with Gasteiger partial charge in [-0.25, -0.2) is 9.50 Å². The number of H-pyrrole nitrogens is 1. The highest BCUT2D eigenvalue weighted by Gasteiger charge is 1.97. The van der Waals surface area contributed by atoms with Crippen molar-refractivity contribution >= 4 is 11.9 Å². The molecule has 0 radical (unpaired) electrons. The van der Waals surface area contributed by atoms with E-state index in [9.17, 15) is 4.79 Å². The van der Waals surface area contributed by atoms with Crippen molar-refractivity contribution in [1.82, 2.24) is 14.6 Å². The predicted molar refractivity (Wildman–Crippen MR) is 34.9 cm³/mol. The molecule has 0 spiro atoms. The Bertz CT molecular complexity index is 331. The number of aromatic nitrogens is 3. The molecule has 1 N–H and O–H groups in total. The Hall–Kier alpha value is -1.58. The van der Waals surface area contributed by atoms with Crippen LogP contribution >= 0.6 is 0 Å². The first kappa shape index (κ1) is 5.22. The van der Waals surface area contributed by atoms with Crippen LogP contribution in [0, 0.1) is 0 Å². The molecule has 0 amide bonds. The van der Waals surface area contributed by atoms with Gasteiger partial charge in [0.2, 0.25) is 0 Å². The monoisotopic (exact) mass is 135 g/mol. The Labute approximate surface area is 56.5 Å². The van der Waals surface area contributed by atoms with Crippen molar-refractivity contribution < 1.29 is 4.79 Å². The summed E-state index contributed by atoms with van der Waals surface area (Å²) >= 11 is 0. The molecular formula is C6H5N3O. The van der Waals surface area contributed by atoms with E-state index in [1.807, 2.05) is 12.1 Å². The molecule has 0 aliphatic heterocycles.